The lowest BCUT2D eigenvalue weighted by molar-refractivity contribution is -0.123. The number of aryl methyl sites for hydroxylation is 1. The fraction of sp³-hybridized carbons (Fsp3) is 0.500. The van der Waals surface area contributed by atoms with Gasteiger partial charge in [0.05, 0.1) is 0 Å². The van der Waals surface area contributed by atoms with Crippen LogP contribution < -0.4 is 5.32 Å². The fourth-order valence-corrected chi connectivity index (χ4v) is 6.59. The lowest BCUT2D eigenvalue weighted by atomic mass is 9.62. The molecule has 0 radical (unpaired) electrons. The number of benzene rings is 1. The molecule has 3 heterocycles. The number of rotatable bonds is 3. The van der Waals surface area contributed by atoms with Gasteiger partial charge in [-0.3, -0.25) is 4.79 Å². The summed E-state index contributed by atoms with van der Waals surface area (Å²) in [5.41, 5.74) is 4.16. The third-order valence-electron chi connectivity index (χ3n) is 7.59. The first kappa shape index (κ1) is 19.3. The minimum absolute atomic E-state index is 0.0891. The highest BCUT2D eigenvalue weighted by molar-refractivity contribution is 9.10. The highest BCUT2D eigenvalue weighted by Crippen LogP contribution is 2.49. The molecule has 29 heavy (non-hydrogen) atoms. The van der Waals surface area contributed by atoms with Crippen molar-refractivity contribution in [2.75, 3.05) is 19.6 Å². The molecular formula is C24H28BrN3O. The van der Waals surface area contributed by atoms with Crippen molar-refractivity contribution in [3.05, 3.63) is 63.9 Å². The van der Waals surface area contributed by atoms with E-state index in [1.807, 2.05) is 0 Å². The Morgan fingerprint density at radius 1 is 1.21 bits per heavy atom. The van der Waals surface area contributed by atoms with Crippen LogP contribution in [-0.4, -0.2) is 42.0 Å². The molecule has 0 bridgehead atoms. The number of pyridine rings is 1. The highest BCUT2D eigenvalue weighted by atomic mass is 79.9. The van der Waals surface area contributed by atoms with Gasteiger partial charge < -0.3 is 10.2 Å². The number of hydrogen-bond acceptors (Lipinski definition) is 3. The van der Waals surface area contributed by atoms with Crippen LogP contribution >= 0.6 is 15.9 Å². The maximum Gasteiger partial charge on any atom is 0.209 e. The number of carbonyl (C=O) groups excluding carboxylic acids is 1. The number of fused-ring (bicyclic) bond motifs is 2. The van der Waals surface area contributed by atoms with Crippen LogP contribution in [0, 0.1) is 5.92 Å². The second kappa shape index (κ2) is 7.84. The predicted molar refractivity (Wildman–Crippen MR) is 118 cm³/mol. The molecule has 4 nitrogen and oxygen atoms in total. The fourth-order valence-electron chi connectivity index (χ4n) is 6.24. The Balaban J connectivity index is 1.51. The summed E-state index contributed by atoms with van der Waals surface area (Å²) in [6.45, 7) is 2.82. The maximum atomic E-state index is 12.0. The molecule has 2 aromatic rings. The predicted octanol–water partition coefficient (Wildman–Crippen LogP) is 4.04. The molecule has 1 aliphatic carbocycles. The Kier molecular flexibility index (Phi) is 5.21. The molecular weight excluding hydrogens is 426 g/mol. The van der Waals surface area contributed by atoms with Gasteiger partial charge in [0.15, 0.2) is 0 Å². The van der Waals surface area contributed by atoms with Gasteiger partial charge in [0, 0.05) is 42.7 Å². The molecule has 1 N–H and O–H groups in total. The zero-order valence-corrected chi connectivity index (χ0v) is 18.3. The van der Waals surface area contributed by atoms with Crippen LogP contribution in [-0.2, 0) is 16.6 Å². The summed E-state index contributed by atoms with van der Waals surface area (Å²) in [6, 6.07) is 15.5. The molecule has 1 aromatic carbocycles. The Morgan fingerprint density at radius 3 is 2.90 bits per heavy atom. The smallest absolute Gasteiger partial charge is 0.209 e. The Bertz CT molecular complexity index is 889. The number of likely N-dealkylation sites (tertiary alicyclic amines) is 1. The van der Waals surface area contributed by atoms with Crippen molar-refractivity contribution in [2.24, 2.45) is 5.92 Å². The molecule has 2 fully saturated rings. The number of nitrogens with zero attached hydrogens (tertiary/aromatic N) is 2. The number of carbonyl (C=O) groups is 1. The third-order valence-corrected chi connectivity index (χ3v) is 8.03. The number of aromatic nitrogens is 1. The third kappa shape index (κ3) is 3.32. The average molecular weight is 454 g/mol. The minimum Gasteiger partial charge on any atom is -0.342 e. The Morgan fingerprint density at radius 2 is 2.07 bits per heavy atom. The van der Waals surface area contributed by atoms with Crippen LogP contribution in [0.1, 0.15) is 48.4 Å². The number of halogens is 1. The monoisotopic (exact) mass is 453 g/mol. The van der Waals surface area contributed by atoms with Gasteiger partial charge in [-0.2, -0.15) is 0 Å². The first-order valence-electron chi connectivity index (χ1n) is 10.8. The van der Waals surface area contributed by atoms with Gasteiger partial charge in [-0.1, -0.05) is 36.4 Å². The summed E-state index contributed by atoms with van der Waals surface area (Å²) < 4.78 is 0.923. The van der Waals surface area contributed by atoms with Crippen molar-refractivity contribution in [3.8, 4) is 0 Å². The van der Waals surface area contributed by atoms with Crippen LogP contribution in [0.25, 0.3) is 0 Å². The zero-order chi connectivity index (χ0) is 19.8. The summed E-state index contributed by atoms with van der Waals surface area (Å²) in [6.07, 6.45) is 6.61. The highest BCUT2D eigenvalue weighted by Gasteiger charge is 2.52. The number of amides is 1. The summed E-state index contributed by atoms with van der Waals surface area (Å²) >= 11 is 3.55. The van der Waals surface area contributed by atoms with Crippen LogP contribution in [0.15, 0.2) is 47.1 Å². The van der Waals surface area contributed by atoms with E-state index in [1.165, 1.54) is 29.7 Å². The zero-order valence-electron chi connectivity index (χ0n) is 16.7. The van der Waals surface area contributed by atoms with Gasteiger partial charge in [-0.15, -0.1) is 0 Å². The number of hydrogen-bond donors (Lipinski definition) is 1. The molecule has 1 spiro atoms. The van der Waals surface area contributed by atoms with Crippen molar-refractivity contribution >= 4 is 22.3 Å². The molecule has 2 saturated heterocycles. The van der Waals surface area contributed by atoms with E-state index in [9.17, 15) is 4.79 Å². The van der Waals surface area contributed by atoms with Crippen molar-refractivity contribution in [1.82, 2.24) is 15.2 Å². The molecule has 2 aliphatic heterocycles. The van der Waals surface area contributed by atoms with Gasteiger partial charge in [0.2, 0.25) is 6.41 Å². The van der Waals surface area contributed by atoms with E-state index in [0.29, 0.717) is 11.8 Å². The molecule has 3 aliphatic rings. The summed E-state index contributed by atoms with van der Waals surface area (Å²) in [5.74, 6) is 0.961. The number of nitrogens with one attached hydrogen (secondary N) is 1. The minimum atomic E-state index is 0.0891. The van der Waals surface area contributed by atoms with E-state index >= 15 is 0 Å². The van der Waals surface area contributed by atoms with Crippen molar-refractivity contribution in [1.29, 1.82) is 0 Å². The first-order chi connectivity index (χ1) is 14.2. The van der Waals surface area contributed by atoms with E-state index in [0.717, 1.165) is 49.9 Å². The van der Waals surface area contributed by atoms with Gasteiger partial charge in [0.1, 0.15) is 4.60 Å². The standard InChI is InChI=1S/C24H28BrN3O/c25-23-9-8-19-21(27-23)7-4-11-24(19)15-26-14-20(24)22-13-18(10-12-28(22)16-29)17-5-2-1-3-6-17/h1-3,5-6,8-9,16,18,20,22,26H,4,7,10-15H2/t18?,20-,22?,24-/m0/s1. The largest absolute Gasteiger partial charge is 0.342 e. The summed E-state index contributed by atoms with van der Waals surface area (Å²) in [7, 11) is 0. The SMILES string of the molecule is O=CN1CCC(c2ccccc2)CC1[C@@H]1CNC[C@]12CCCc1nc(Br)ccc12. The summed E-state index contributed by atoms with van der Waals surface area (Å²) in [5, 5.41) is 3.70. The van der Waals surface area contributed by atoms with Gasteiger partial charge >= 0.3 is 0 Å². The van der Waals surface area contributed by atoms with Gasteiger partial charge in [-0.05, 0) is 71.1 Å². The molecule has 0 saturated carbocycles. The first-order valence-corrected chi connectivity index (χ1v) is 11.6. The van der Waals surface area contributed by atoms with Crippen LogP contribution in [0.3, 0.4) is 0 Å². The second-order valence-corrected chi connectivity index (χ2v) is 9.73. The van der Waals surface area contributed by atoms with E-state index in [1.54, 1.807) is 0 Å². The van der Waals surface area contributed by atoms with Crippen LogP contribution in [0.2, 0.25) is 0 Å². The topological polar surface area (TPSA) is 45.2 Å². The average Bonchev–Trinajstić information content (AvgIpc) is 3.17. The molecule has 152 valence electrons. The lowest BCUT2D eigenvalue weighted by Gasteiger charge is -2.48. The van der Waals surface area contributed by atoms with Crippen molar-refractivity contribution in [2.45, 2.75) is 49.5 Å². The van der Waals surface area contributed by atoms with E-state index in [4.69, 9.17) is 4.98 Å². The van der Waals surface area contributed by atoms with Gasteiger partial charge in [0.25, 0.3) is 0 Å². The van der Waals surface area contributed by atoms with Crippen LogP contribution in [0.4, 0.5) is 0 Å². The van der Waals surface area contributed by atoms with E-state index in [2.05, 4.69) is 68.6 Å². The molecule has 5 rings (SSSR count). The van der Waals surface area contributed by atoms with Crippen molar-refractivity contribution < 1.29 is 4.79 Å². The van der Waals surface area contributed by atoms with Gasteiger partial charge in [-0.25, -0.2) is 4.98 Å². The van der Waals surface area contributed by atoms with Crippen molar-refractivity contribution in [3.63, 3.8) is 0 Å². The molecule has 1 amide bonds. The molecule has 4 atom stereocenters. The normalized spacial score (nSPS) is 31.6. The molecule has 2 unspecified atom stereocenters. The molecule has 1 aromatic heterocycles. The van der Waals surface area contributed by atoms with E-state index in [-0.39, 0.29) is 11.5 Å². The maximum absolute atomic E-state index is 12.0. The Labute approximate surface area is 181 Å². The second-order valence-electron chi connectivity index (χ2n) is 8.92. The van der Waals surface area contributed by atoms with E-state index < -0.39 is 0 Å². The quantitative estimate of drug-likeness (QED) is 0.563. The number of piperidine rings is 1. The van der Waals surface area contributed by atoms with Crippen LogP contribution in [0.5, 0.6) is 0 Å². The molecule has 5 heteroatoms. The lowest BCUT2D eigenvalue weighted by Crippen LogP contribution is -2.53. The summed E-state index contributed by atoms with van der Waals surface area (Å²) in [4.78, 5) is 18.9. The Hall–Kier alpha value is -1.72.